The molecule has 1 aliphatic heterocycles. The highest BCUT2D eigenvalue weighted by molar-refractivity contribution is 6.00. The zero-order valence-corrected chi connectivity index (χ0v) is 12.8. The van der Waals surface area contributed by atoms with E-state index >= 15 is 0 Å². The molecular weight excluding hydrogens is 250 g/mol. The first-order valence-electron chi connectivity index (χ1n) is 7.38. The lowest BCUT2D eigenvalue weighted by Crippen LogP contribution is -2.44. The van der Waals surface area contributed by atoms with E-state index in [0.717, 1.165) is 38.2 Å². The summed E-state index contributed by atoms with van der Waals surface area (Å²) < 4.78 is 5.40. The first-order valence-corrected chi connectivity index (χ1v) is 7.38. The van der Waals surface area contributed by atoms with Crippen molar-refractivity contribution >= 4 is 5.78 Å². The van der Waals surface area contributed by atoms with Crippen LogP contribution >= 0.6 is 0 Å². The van der Waals surface area contributed by atoms with Gasteiger partial charge in [0.15, 0.2) is 5.78 Å². The average Bonchev–Trinajstić information content (AvgIpc) is 2.48. The van der Waals surface area contributed by atoms with Crippen LogP contribution < -0.4 is 0 Å². The number of nitrogens with zero attached hydrogens (tertiary/aromatic N) is 1. The third-order valence-electron chi connectivity index (χ3n) is 4.11. The number of ether oxygens (including phenoxy) is 1. The van der Waals surface area contributed by atoms with Crippen LogP contribution in [0, 0.1) is 5.41 Å². The van der Waals surface area contributed by atoms with Crippen LogP contribution in [0.1, 0.15) is 37.0 Å². The van der Waals surface area contributed by atoms with Crippen LogP contribution in [-0.4, -0.2) is 43.5 Å². The Kier molecular flexibility index (Phi) is 4.95. The number of carbonyl (C=O) groups excluding carboxylic acids is 1. The van der Waals surface area contributed by atoms with Gasteiger partial charge in [-0.25, -0.2) is 0 Å². The standard InChI is InChI=1S/C17H25NO2/c1-17(2,16(19)14-7-5-4-6-8-14)13-18(3)15-9-11-20-12-10-15/h4-8,15H,9-13H2,1-3H3. The molecule has 0 aromatic heterocycles. The van der Waals surface area contributed by atoms with Crippen molar-refractivity contribution in [3.63, 3.8) is 0 Å². The fourth-order valence-electron chi connectivity index (χ4n) is 2.93. The molecule has 0 spiro atoms. The minimum atomic E-state index is -0.367. The highest BCUT2D eigenvalue weighted by Gasteiger charge is 2.32. The largest absolute Gasteiger partial charge is 0.381 e. The lowest BCUT2D eigenvalue weighted by Gasteiger charge is -2.36. The molecule has 2 rings (SSSR count). The molecule has 0 aliphatic carbocycles. The first kappa shape index (κ1) is 15.2. The lowest BCUT2D eigenvalue weighted by molar-refractivity contribution is 0.0308. The molecule has 0 radical (unpaired) electrons. The summed E-state index contributed by atoms with van der Waals surface area (Å²) in [5.41, 5.74) is 0.437. The molecular formula is C17H25NO2. The summed E-state index contributed by atoms with van der Waals surface area (Å²) in [4.78, 5) is 15.0. The Morgan fingerprint density at radius 2 is 1.85 bits per heavy atom. The summed E-state index contributed by atoms with van der Waals surface area (Å²) in [6.07, 6.45) is 2.12. The van der Waals surface area contributed by atoms with Gasteiger partial charge in [0.05, 0.1) is 0 Å². The van der Waals surface area contributed by atoms with Crippen LogP contribution in [0.5, 0.6) is 0 Å². The molecule has 0 amide bonds. The van der Waals surface area contributed by atoms with Gasteiger partial charge in [0.25, 0.3) is 0 Å². The number of rotatable bonds is 5. The molecule has 0 atom stereocenters. The number of carbonyl (C=O) groups is 1. The van der Waals surface area contributed by atoms with Gasteiger partial charge in [0, 0.05) is 36.8 Å². The Morgan fingerprint density at radius 3 is 2.45 bits per heavy atom. The van der Waals surface area contributed by atoms with Gasteiger partial charge < -0.3 is 9.64 Å². The Labute approximate surface area is 121 Å². The predicted molar refractivity (Wildman–Crippen MR) is 81.0 cm³/mol. The first-order chi connectivity index (χ1) is 9.50. The second kappa shape index (κ2) is 6.51. The second-order valence-corrected chi connectivity index (χ2v) is 6.34. The smallest absolute Gasteiger partial charge is 0.169 e. The Hall–Kier alpha value is -1.19. The topological polar surface area (TPSA) is 29.5 Å². The molecule has 1 fully saturated rings. The minimum absolute atomic E-state index is 0.219. The van der Waals surface area contributed by atoms with Crippen LogP contribution in [0.25, 0.3) is 0 Å². The minimum Gasteiger partial charge on any atom is -0.381 e. The van der Waals surface area contributed by atoms with E-state index in [0.29, 0.717) is 6.04 Å². The fraction of sp³-hybridized carbons (Fsp3) is 0.588. The molecule has 1 heterocycles. The quantitative estimate of drug-likeness (QED) is 0.774. The van der Waals surface area contributed by atoms with Crippen molar-refractivity contribution in [3.8, 4) is 0 Å². The number of hydrogen-bond acceptors (Lipinski definition) is 3. The molecule has 110 valence electrons. The van der Waals surface area contributed by atoms with E-state index in [1.165, 1.54) is 0 Å². The molecule has 0 unspecified atom stereocenters. The van der Waals surface area contributed by atoms with Crippen molar-refractivity contribution in [2.24, 2.45) is 5.41 Å². The van der Waals surface area contributed by atoms with Crippen molar-refractivity contribution in [2.45, 2.75) is 32.7 Å². The monoisotopic (exact) mass is 275 g/mol. The van der Waals surface area contributed by atoms with E-state index in [2.05, 4.69) is 11.9 Å². The Balaban J connectivity index is 2.00. The zero-order chi connectivity index (χ0) is 14.6. The lowest BCUT2D eigenvalue weighted by atomic mass is 9.83. The molecule has 0 saturated carbocycles. The third-order valence-corrected chi connectivity index (χ3v) is 4.11. The Bertz CT molecular complexity index is 436. The normalized spacial score (nSPS) is 17.4. The molecule has 1 aromatic rings. The summed E-state index contributed by atoms with van der Waals surface area (Å²) in [7, 11) is 2.12. The number of Topliss-reactive ketones (excluding diaryl/α,β-unsaturated/α-hetero) is 1. The zero-order valence-electron chi connectivity index (χ0n) is 12.8. The SMILES string of the molecule is CN(CC(C)(C)C(=O)c1ccccc1)C1CCOCC1. The highest BCUT2D eigenvalue weighted by Crippen LogP contribution is 2.25. The summed E-state index contributed by atoms with van der Waals surface area (Å²) in [5, 5.41) is 0. The van der Waals surface area contributed by atoms with Gasteiger partial charge in [-0.2, -0.15) is 0 Å². The van der Waals surface area contributed by atoms with Crippen molar-refractivity contribution in [1.29, 1.82) is 0 Å². The fourth-order valence-corrected chi connectivity index (χ4v) is 2.93. The molecule has 1 aromatic carbocycles. The maximum Gasteiger partial charge on any atom is 0.169 e. The van der Waals surface area contributed by atoms with E-state index in [1.54, 1.807) is 0 Å². The van der Waals surface area contributed by atoms with Crippen molar-refractivity contribution in [1.82, 2.24) is 4.90 Å². The van der Waals surface area contributed by atoms with E-state index in [9.17, 15) is 4.79 Å². The molecule has 20 heavy (non-hydrogen) atoms. The van der Waals surface area contributed by atoms with Crippen molar-refractivity contribution in [2.75, 3.05) is 26.8 Å². The number of benzene rings is 1. The van der Waals surface area contributed by atoms with E-state index in [1.807, 2.05) is 44.2 Å². The summed E-state index contributed by atoms with van der Waals surface area (Å²) in [6, 6.07) is 10.1. The van der Waals surface area contributed by atoms with Gasteiger partial charge >= 0.3 is 0 Å². The summed E-state index contributed by atoms with van der Waals surface area (Å²) in [5.74, 6) is 0.219. The van der Waals surface area contributed by atoms with Crippen LogP contribution in [0.3, 0.4) is 0 Å². The van der Waals surface area contributed by atoms with Gasteiger partial charge in [0.1, 0.15) is 0 Å². The number of ketones is 1. The van der Waals surface area contributed by atoms with Gasteiger partial charge in [-0.05, 0) is 19.9 Å². The molecule has 3 heteroatoms. The maximum atomic E-state index is 12.6. The second-order valence-electron chi connectivity index (χ2n) is 6.34. The van der Waals surface area contributed by atoms with Crippen LogP contribution in [-0.2, 0) is 4.74 Å². The molecule has 1 aliphatic rings. The van der Waals surface area contributed by atoms with Crippen molar-refractivity contribution < 1.29 is 9.53 Å². The van der Waals surface area contributed by atoms with Crippen LogP contribution in [0.2, 0.25) is 0 Å². The molecule has 1 saturated heterocycles. The van der Waals surface area contributed by atoms with Gasteiger partial charge in [-0.15, -0.1) is 0 Å². The van der Waals surface area contributed by atoms with Crippen molar-refractivity contribution in [3.05, 3.63) is 35.9 Å². The van der Waals surface area contributed by atoms with Gasteiger partial charge in [-0.1, -0.05) is 44.2 Å². The van der Waals surface area contributed by atoms with Crippen LogP contribution in [0.15, 0.2) is 30.3 Å². The number of hydrogen-bond donors (Lipinski definition) is 0. The Morgan fingerprint density at radius 1 is 1.25 bits per heavy atom. The molecule has 0 bridgehead atoms. The maximum absolute atomic E-state index is 12.6. The van der Waals surface area contributed by atoms with Gasteiger partial charge in [0.2, 0.25) is 0 Å². The molecule has 0 N–H and O–H groups in total. The highest BCUT2D eigenvalue weighted by atomic mass is 16.5. The van der Waals surface area contributed by atoms with E-state index in [4.69, 9.17) is 4.74 Å². The van der Waals surface area contributed by atoms with E-state index < -0.39 is 0 Å². The van der Waals surface area contributed by atoms with E-state index in [-0.39, 0.29) is 11.2 Å². The third kappa shape index (κ3) is 3.68. The predicted octanol–water partition coefficient (Wildman–Crippen LogP) is 3.01. The average molecular weight is 275 g/mol. The summed E-state index contributed by atoms with van der Waals surface area (Å²) >= 11 is 0. The molecule has 3 nitrogen and oxygen atoms in total. The summed E-state index contributed by atoms with van der Waals surface area (Å²) in [6.45, 7) is 6.53. The van der Waals surface area contributed by atoms with Gasteiger partial charge in [-0.3, -0.25) is 4.79 Å². The van der Waals surface area contributed by atoms with Crippen LogP contribution in [0.4, 0.5) is 0 Å².